The number of nitrogens with zero attached hydrogens (tertiary/aromatic N) is 2. The molecule has 9 heteroatoms. The summed E-state index contributed by atoms with van der Waals surface area (Å²) < 4.78 is 26.6. The number of urea groups is 1. The first-order valence-electron chi connectivity index (χ1n) is 6.11. The molecular formula is C12H16F2N4O3. The standard InChI is InChI=1S/C12H16F2N4O3/c1-17(2)12(19)16-4-3-15-7-8-5-11(18(20)21)10(14)6-9(8)13/h5-6,15H,3-4,7H2,1-2H3,(H,16,19). The van der Waals surface area contributed by atoms with E-state index in [1.807, 2.05) is 0 Å². The largest absolute Gasteiger partial charge is 0.337 e. The van der Waals surface area contributed by atoms with E-state index in [0.717, 1.165) is 6.07 Å². The molecule has 0 spiro atoms. The molecule has 0 aliphatic carbocycles. The summed E-state index contributed by atoms with van der Waals surface area (Å²) in [4.78, 5) is 22.2. The maximum absolute atomic E-state index is 13.5. The van der Waals surface area contributed by atoms with Gasteiger partial charge in [-0.15, -0.1) is 0 Å². The number of benzene rings is 1. The van der Waals surface area contributed by atoms with Crippen molar-refractivity contribution in [1.82, 2.24) is 15.5 Å². The van der Waals surface area contributed by atoms with Crippen molar-refractivity contribution >= 4 is 11.7 Å². The van der Waals surface area contributed by atoms with Gasteiger partial charge in [-0.1, -0.05) is 0 Å². The van der Waals surface area contributed by atoms with Crippen molar-refractivity contribution in [3.8, 4) is 0 Å². The van der Waals surface area contributed by atoms with Gasteiger partial charge in [0, 0.05) is 51.4 Å². The first-order valence-corrected chi connectivity index (χ1v) is 6.11. The SMILES string of the molecule is CN(C)C(=O)NCCNCc1cc([N+](=O)[O-])c(F)cc1F. The fraction of sp³-hybridized carbons (Fsp3) is 0.417. The Morgan fingerprint density at radius 2 is 1.95 bits per heavy atom. The van der Waals surface area contributed by atoms with Gasteiger partial charge in [0.2, 0.25) is 5.82 Å². The Morgan fingerprint density at radius 1 is 1.29 bits per heavy atom. The first-order chi connectivity index (χ1) is 9.82. The Hall–Kier alpha value is -2.29. The van der Waals surface area contributed by atoms with E-state index in [4.69, 9.17) is 0 Å². The zero-order valence-corrected chi connectivity index (χ0v) is 11.7. The van der Waals surface area contributed by atoms with Crippen molar-refractivity contribution in [2.75, 3.05) is 27.2 Å². The average molecular weight is 302 g/mol. The lowest BCUT2D eigenvalue weighted by Crippen LogP contribution is -2.38. The van der Waals surface area contributed by atoms with E-state index in [9.17, 15) is 23.7 Å². The molecule has 0 saturated heterocycles. The molecule has 0 heterocycles. The van der Waals surface area contributed by atoms with Gasteiger partial charge in [-0.2, -0.15) is 4.39 Å². The number of nitro groups is 1. The van der Waals surface area contributed by atoms with Gasteiger partial charge in [-0.3, -0.25) is 10.1 Å². The quantitative estimate of drug-likeness (QED) is 0.470. The van der Waals surface area contributed by atoms with E-state index in [-0.39, 0.29) is 18.1 Å². The van der Waals surface area contributed by atoms with Gasteiger partial charge in [0.25, 0.3) is 0 Å². The number of halogens is 2. The number of nitrogens with one attached hydrogen (secondary N) is 2. The maximum Gasteiger partial charge on any atom is 0.316 e. The summed E-state index contributed by atoms with van der Waals surface area (Å²) >= 11 is 0. The molecule has 1 aromatic rings. The van der Waals surface area contributed by atoms with Crippen LogP contribution in [-0.2, 0) is 6.54 Å². The van der Waals surface area contributed by atoms with Crippen LogP contribution in [-0.4, -0.2) is 43.0 Å². The van der Waals surface area contributed by atoms with E-state index in [2.05, 4.69) is 10.6 Å². The maximum atomic E-state index is 13.5. The van der Waals surface area contributed by atoms with Crippen LogP contribution in [0.2, 0.25) is 0 Å². The van der Waals surface area contributed by atoms with Gasteiger partial charge in [0.05, 0.1) is 4.92 Å². The topological polar surface area (TPSA) is 87.5 Å². The second-order valence-electron chi connectivity index (χ2n) is 4.46. The molecular weight excluding hydrogens is 286 g/mol. The van der Waals surface area contributed by atoms with Crippen LogP contribution in [0.15, 0.2) is 12.1 Å². The Bertz CT molecular complexity index is 537. The highest BCUT2D eigenvalue weighted by Gasteiger charge is 2.18. The predicted octanol–water partition coefficient (Wildman–Crippen LogP) is 1.23. The molecule has 2 N–H and O–H groups in total. The van der Waals surface area contributed by atoms with Crippen molar-refractivity contribution in [1.29, 1.82) is 0 Å². The number of amides is 2. The third-order valence-electron chi connectivity index (χ3n) is 2.61. The fourth-order valence-electron chi connectivity index (χ4n) is 1.50. The molecule has 21 heavy (non-hydrogen) atoms. The zero-order valence-electron chi connectivity index (χ0n) is 11.7. The molecule has 0 aliphatic heterocycles. The molecule has 1 aromatic carbocycles. The second kappa shape index (κ2) is 7.48. The molecule has 0 aliphatic rings. The van der Waals surface area contributed by atoms with Crippen molar-refractivity contribution in [3.63, 3.8) is 0 Å². The van der Waals surface area contributed by atoms with Gasteiger partial charge in [0.15, 0.2) is 0 Å². The van der Waals surface area contributed by atoms with Crippen molar-refractivity contribution in [3.05, 3.63) is 39.4 Å². The van der Waals surface area contributed by atoms with Crippen molar-refractivity contribution < 1.29 is 18.5 Å². The molecule has 0 unspecified atom stereocenters. The monoisotopic (exact) mass is 302 g/mol. The van der Waals surface area contributed by atoms with Crippen molar-refractivity contribution in [2.45, 2.75) is 6.54 Å². The Kier molecular flexibility index (Phi) is 5.97. The van der Waals surface area contributed by atoms with E-state index in [0.29, 0.717) is 19.2 Å². The van der Waals surface area contributed by atoms with Gasteiger partial charge in [-0.25, -0.2) is 9.18 Å². The van der Waals surface area contributed by atoms with Gasteiger partial charge >= 0.3 is 11.7 Å². The highest BCUT2D eigenvalue weighted by atomic mass is 19.1. The van der Waals surface area contributed by atoms with Crippen LogP contribution < -0.4 is 10.6 Å². The van der Waals surface area contributed by atoms with Crippen LogP contribution in [0.5, 0.6) is 0 Å². The Morgan fingerprint density at radius 3 is 2.52 bits per heavy atom. The Balaban J connectivity index is 2.51. The molecule has 0 atom stereocenters. The molecule has 0 aromatic heterocycles. The lowest BCUT2D eigenvalue weighted by molar-refractivity contribution is -0.387. The zero-order chi connectivity index (χ0) is 16.0. The second-order valence-corrected chi connectivity index (χ2v) is 4.46. The summed E-state index contributed by atoms with van der Waals surface area (Å²) in [6.07, 6.45) is 0. The lowest BCUT2D eigenvalue weighted by Gasteiger charge is -2.12. The fourth-order valence-corrected chi connectivity index (χ4v) is 1.50. The van der Waals surface area contributed by atoms with Gasteiger partial charge in [-0.05, 0) is 0 Å². The molecule has 116 valence electrons. The van der Waals surface area contributed by atoms with Gasteiger partial charge in [0.1, 0.15) is 5.82 Å². The summed E-state index contributed by atoms with van der Waals surface area (Å²) in [6, 6.07) is 1.08. The summed E-state index contributed by atoms with van der Waals surface area (Å²) in [5.74, 6) is -2.07. The summed E-state index contributed by atoms with van der Waals surface area (Å²) in [6.45, 7) is 0.636. The van der Waals surface area contributed by atoms with Crippen molar-refractivity contribution in [2.24, 2.45) is 0 Å². The number of hydrogen-bond acceptors (Lipinski definition) is 4. The van der Waals surface area contributed by atoms with E-state index < -0.39 is 22.2 Å². The summed E-state index contributed by atoms with van der Waals surface area (Å²) in [5.41, 5.74) is -0.781. The third-order valence-corrected chi connectivity index (χ3v) is 2.61. The van der Waals surface area contributed by atoms with E-state index in [1.165, 1.54) is 4.90 Å². The highest BCUT2D eigenvalue weighted by Crippen LogP contribution is 2.21. The minimum atomic E-state index is -1.21. The number of rotatable bonds is 6. The van der Waals surface area contributed by atoms with E-state index >= 15 is 0 Å². The van der Waals surface area contributed by atoms with Crippen LogP contribution in [0, 0.1) is 21.7 Å². The smallest absolute Gasteiger partial charge is 0.316 e. The number of carbonyl (C=O) groups is 1. The minimum absolute atomic E-state index is 0.00914. The molecule has 0 radical (unpaired) electrons. The molecule has 0 fully saturated rings. The highest BCUT2D eigenvalue weighted by molar-refractivity contribution is 5.73. The molecule has 7 nitrogen and oxygen atoms in total. The third kappa shape index (κ3) is 4.95. The Labute approximate surface area is 120 Å². The number of carbonyl (C=O) groups excluding carboxylic acids is 1. The lowest BCUT2D eigenvalue weighted by atomic mass is 10.2. The minimum Gasteiger partial charge on any atom is -0.337 e. The normalized spacial score (nSPS) is 10.3. The van der Waals surface area contributed by atoms with E-state index in [1.54, 1.807) is 14.1 Å². The molecule has 0 saturated carbocycles. The van der Waals surface area contributed by atoms with Crippen LogP contribution >= 0.6 is 0 Å². The van der Waals surface area contributed by atoms with Crippen LogP contribution in [0.25, 0.3) is 0 Å². The summed E-state index contributed by atoms with van der Waals surface area (Å²) in [7, 11) is 3.19. The molecule has 0 bridgehead atoms. The van der Waals surface area contributed by atoms with Gasteiger partial charge < -0.3 is 15.5 Å². The first kappa shape index (κ1) is 16.8. The molecule has 2 amide bonds. The average Bonchev–Trinajstić information content (AvgIpc) is 2.39. The molecule has 1 rings (SSSR count). The number of hydrogen-bond donors (Lipinski definition) is 2. The van der Waals surface area contributed by atoms with Crippen LogP contribution in [0.3, 0.4) is 0 Å². The van der Waals surface area contributed by atoms with Crippen LogP contribution in [0.1, 0.15) is 5.56 Å². The number of nitro benzene ring substituents is 1. The predicted molar refractivity (Wildman–Crippen MR) is 71.8 cm³/mol. The summed E-state index contributed by atoms with van der Waals surface area (Å²) in [5, 5.41) is 16.0. The van der Waals surface area contributed by atoms with Crippen LogP contribution in [0.4, 0.5) is 19.3 Å².